The second kappa shape index (κ2) is 6.39. The maximum Gasteiger partial charge on any atom is 0.227 e. The highest BCUT2D eigenvalue weighted by Crippen LogP contribution is 2.26. The van der Waals surface area contributed by atoms with E-state index in [0.29, 0.717) is 5.65 Å². The van der Waals surface area contributed by atoms with E-state index in [-0.39, 0.29) is 17.9 Å². The number of fused-ring (bicyclic) bond motifs is 1. The number of aromatic nitrogens is 2. The Morgan fingerprint density at radius 3 is 2.67 bits per heavy atom. The van der Waals surface area contributed by atoms with E-state index in [1.165, 1.54) is 23.1 Å². The van der Waals surface area contributed by atoms with E-state index in [0.717, 1.165) is 10.9 Å². The second-order valence-electron chi connectivity index (χ2n) is 5.71. The van der Waals surface area contributed by atoms with E-state index in [4.69, 9.17) is 0 Å². The normalized spacial score (nSPS) is 12.3. The lowest BCUT2D eigenvalue weighted by molar-refractivity contribution is -0.131. The van der Waals surface area contributed by atoms with Crippen molar-refractivity contribution < 1.29 is 13.6 Å². The molecular weight excluding hydrogens is 312 g/mol. The van der Waals surface area contributed by atoms with Crippen molar-refractivity contribution in [3.8, 4) is 0 Å². The molecule has 0 spiro atoms. The van der Waals surface area contributed by atoms with Crippen LogP contribution in [-0.2, 0) is 11.2 Å². The molecule has 0 saturated heterocycles. The molecule has 1 N–H and O–H groups in total. The Morgan fingerprint density at radius 2 is 1.96 bits per heavy atom. The fourth-order valence-corrected chi connectivity index (χ4v) is 2.77. The van der Waals surface area contributed by atoms with Gasteiger partial charge < -0.3 is 9.88 Å². The van der Waals surface area contributed by atoms with Gasteiger partial charge >= 0.3 is 0 Å². The van der Waals surface area contributed by atoms with Gasteiger partial charge in [-0.25, -0.2) is 13.8 Å². The van der Waals surface area contributed by atoms with Crippen LogP contribution in [0.25, 0.3) is 11.0 Å². The summed E-state index contributed by atoms with van der Waals surface area (Å²) in [4.78, 5) is 21.1. The Bertz CT molecular complexity index is 871. The van der Waals surface area contributed by atoms with Gasteiger partial charge in [-0.2, -0.15) is 0 Å². The van der Waals surface area contributed by atoms with Gasteiger partial charge in [-0.3, -0.25) is 4.79 Å². The summed E-state index contributed by atoms with van der Waals surface area (Å²) in [6.07, 6.45) is 3.53. The molecule has 1 unspecified atom stereocenters. The number of nitrogens with one attached hydrogen (secondary N) is 1. The molecule has 1 atom stereocenters. The lowest BCUT2D eigenvalue weighted by Gasteiger charge is -2.26. The minimum Gasteiger partial charge on any atom is -0.346 e. The number of aromatic amines is 1. The molecule has 3 rings (SSSR count). The van der Waals surface area contributed by atoms with Crippen molar-refractivity contribution in [2.24, 2.45) is 0 Å². The van der Waals surface area contributed by atoms with Crippen LogP contribution in [0.1, 0.15) is 24.1 Å². The van der Waals surface area contributed by atoms with Crippen molar-refractivity contribution in [2.75, 3.05) is 7.05 Å². The summed E-state index contributed by atoms with van der Waals surface area (Å²) in [6.45, 7) is 1.61. The Morgan fingerprint density at radius 1 is 1.25 bits per heavy atom. The number of halogens is 2. The third kappa shape index (κ3) is 2.87. The Hall–Kier alpha value is -2.76. The van der Waals surface area contributed by atoms with Crippen LogP contribution in [0.5, 0.6) is 0 Å². The number of carbonyl (C=O) groups excluding carboxylic acids is 1. The summed E-state index contributed by atoms with van der Waals surface area (Å²) >= 11 is 0. The number of pyridine rings is 1. The summed E-state index contributed by atoms with van der Waals surface area (Å²) < 4.78 is 27.8. The average Bonchev–Trinajstić information content (AvgIpc) is 2.97. The predicted molar refractivity (Wildman–Crippen MR) is 87.3 cm³/mol. The molecule has 0 saturated carbocycles. The Labute approximate surface area is 138 Å². The highest BCUT2D eigenvalue weighted by atomic mass is 19.1. The van der Waals surface area contributed by atoms with E-state index in [1.807, 2.05) is 6.07 Å². The predicted octanol–water partition coefficient (Wildman–Crippen LogP) is 3.60. The number of nitrogens with zero attached hydrogens (tertiary/aromatic N) is 2. The summed E-state index contributed by atoms with van der Waals surface area (Å²) in [5.74, 6) is -1.54. The molecule has 6 heteroatoms. The van der Waals surface area contributed by atoms with Crippen LogP contribution >= 0.6 is 0 Å². The number of benzene rings is 1. The molecule has 3 aromatic rings. The van der Waals surface area contributed by atoms with Crippen LogP contribution in [0.3, 0.4) is 0 Å². The van der Waals surface area contributed by atoms with Gasteiger partial charge in [0.1, 0.15) is 17.3 Å². The number of likely N-dealkylation sites (N-methyl/N-ethyl adjacent to an activating group) is 1. The minimum absolute atomic E-state index is 0.103. The highest BCUT2D eigenvalue weighted by molar-refractivity contribution is 5.87. The zero-order chi connectivity index (χ0) is 17.3. The molecule has 0 aliphatic rings. The second-order valence-corrected chi connectivity index (χ2v) is 5.71. The van der Waals surface area contributed by atoms with Gasteiger partial charge in [0.15, 0.2) is 0 Å². The van der Waals surface area contributed by atoms with Gasteiger partial charge in [-0.15, -0.1) is 0 Å². The summed E-state index contributed by atoms with van der Waals surface area (Å²) in [6, 6.07) is 6.66. The first kappa shape index (κ1) is 16.1. The van der Waals surface area contributed by atoms with Gasteiger partial charge in [0.25, 0.3) is 0 Å². The van der Waals surface area contributed by atoms with Crippen molar-refractivity contribution in [1.29, 1.82) is 0 Å². The number of hydrogen-bond donors (Lipinski definition) is 1. The van der Waals surface area contributed by atoms with E-state index in [9.17, 15) is 13.6 Å². The van der Waals surface area contributed by atoms with E-state index >= 15 is 0 Å². The fraction of sp³-hybridized carbons (Fsp3) is 0.222. The van der Waals surface area contributed by atoms with E-state index in [1.54, 1.807) is 32.4 Å². The summed E-state index contributed by atoms with van der Waals surface area (Å²) in [5, 5.41) is 0.865. The molecular formula is C18H17F2N3O. The molecule has 124 valence electrons. The molecule has 0 radical (unpaired) electrons. The minimum atomic E-state index is -0.706. The first-order valence-electron chi connectivity index (χ1n) is 7.59. The molecule has 0 bridgehead atoms. The van der Waals surface area contributed by atoms with Crippen LogP contribution in [0, 0.1) is 11.6 Å². The van der Waals surface area contributed by atoms with Gasteiger partial charge in [0.05, 0.1) is 12.5 Å². The van der Waals surface area contributed by atoms with E-state index < -0.39 is 17.7 Å². The first-order valence-corrected chi connectivity index (χ1v) is 7.59. The van der Waals surface area contributed by atoms with Gasteiger partial charge in [0.2, 0.25) is 5.91 Å². The lowest BCUT2D eigenvalue weighted by atomic mass is 10.0. The smallest absolute Gasteiger partial charge is 0.227 e. The Kier molecular flexibility index (Phi) is 4.29. The average molecular weight is 329 g/mol. The van der Waals surface area contributed by atoms with Crippen LogP contribution in [-0.4, -0.2) is 27.8 Å². The number of rotatable bonds is 4. The Balaban J connectivity index is 1.82. The topological polar surface area (TPSA) is 49.0 Å². The van der Waals surface area contributed by atoms with E-state index in [2.05, 4.69) is 9.97 Å². The van der Waals surface area contributed by atoms with Crippen LogP contribution in [0.4, 0.5) is 8.78 Å². The van der Waals surface area contributed by atoms with Gasteiger partial charge in [-0.1, -0.05) is 6.07 Å². The molecule has 24 heavy (non-hydrogen) atoms. The van der Waals surface area contributed by atoms with Crippen molar-refractivity contribution in [3.63, 3.8) is 0 Å². The molecule has 2 heterocycles. The van der Waals surface area contributed by atoms with Crippen molar-refractivity contribution in [3.05, 3.63) is 65.5 Å². The molecule has 4 nitrogen and oxygen atoms in total. The third-order valence-corrected chi connectivity index (χ3v) is 4.27. The molecule has 0 aliphatic carbocycles. The maximum atomic E-state index is 13.9. The number of carbonyl (C=O) groups is 1. The van der Waals surface area contributed by atoms with Crippen molar-refractivity contribution in [2.45, 2.75) is 19.4 Å². The zero-order valence-corrected chi connectivity index (χ0v) is 13.4. The SMILES string of the molecule is CC(c1c(F)cccc1F)N(C)C(=O)Cc1c[nH]c2ncccc12. The summed E-state index contributed by atoms with van der Waals surface area (Å²) in [5.41, 5.74) is 1.40. The molecule has 1 aromatic carbocycles. The monoisotopic (exact) mass is 329 g/mol. The van der Waals surface area contributed by atoms with Crippen LogP contribution in [0.2, 0.25) is 0 Å². The molecule has 0 fully saturated rings. The largest absolute Gasteiger partial charge is 0.346 e. The standard InChI is InChI=1S/C18H17F2N3O/c1-11(17-14(19)6-3-7-15(17)20)23(2)16(24)9-12-10-22-18-13(12)5-4-8-21-18/h3-8,10-11H,9H2,1-2H3,(H,21,22). The maximum absolute atomic E-state index is 13.9. The highest BCUT2D eigenvalue weighted by Gasteiger charge is 2.24. The zero-order valence-electron chi connectivity index (χ0n) is 13.4. The van der Waals surface area contributed by atoms with Crippen molar-refractivity contribution in [1.82, 2.24) is 14.9 Å². The van der Waals surface area contributed by atoms with Crippen molar-refractivity contribution >= 4 is 16.9 Å². The third-order valence-electron chi connectivity index (χ3n) is 4.27. The number of hydrogen-bond acceptors (Lipinski definition) is 2. The fourth-order valence-electron chi connectivity index (χ4n) is 2.77. The van der Waals surface area contributed by atoms with Gasteiger partial charge in [0, 0.05) is 30.4 Å². The van der Waals surface area contributed by atoms with Crippen LogP contribution < -0.4 is 0 Å². The molecule has 1 amide bonds. The lowest BCUT2D eigenvalue weighted by Crippen LogP contribution is -2.31. The summed E-state index contributed by atoms with van der Waals surface area (Å²) in [7, 11) is 1.55. The number of amides is 1. The van der Waals surface area contributed by atoms with Crippen LogP contribution in [0.15, 0.2) is 42.7 Å². The first-order chi connectivity index (χ1) is 11.5. The van der Waals surface area contributed by atoms with Gasteiger partial charge in [-0.05, 0) is 36.8 Å². The number of H-pyrrole nitrogens is 1. The molecule has 2 aromatic heterocycles. The molecule has 0 aliphatic heterocycles. The quantitative estimate of drug-likeness (QED) is 0.795.